The standard InChI is InChI=1S/C15H19BrN2/c1-11-8-13(10-18(3)12(2)9-16)14-6-4-5-7-15(14)17-11/h4-8,12H,9-10H2,1-3H3. The second-order valence-electron chi connectivity index (χ2n) is 4.86. The van der Waals surface area contributed by atoms with Crippen molar-refractivity contribution in [3.63, 3.8) is 0 Å². The van der Waals surface area contributed by atoms with Gasteiger partial charge in [-0.05, 0) is 38.6 Å². The van der Waals surface area contributed by atoms with E-state index < -0.39 is 0 Å². The van der Waals surface area contributed by atoms with Gasteiger partial charge in [-0.2, -0.15) is 0 Å². The van der Waals surface area contributed by atoms with Crippen molar-refractivity contribution >= 4 is 26.8 Å². The van der Waals surface area contributed by atoms with Gasteiger partial charge in [-0.1, -0.05) is 34.1 Å². The summed E-state index contributed by atoms with van der Waals surface area (Å²) in [5.74, 6) is 0. The zero-order chi connectivity index (χ0) is 13.1. The molecule has 1 atom stereocenters. The van der Waals surface area contributed by atoms with Crippen LogP contribution in [0.25, 0.3) is 10.9 Å². The van der Waals surface area contributed by atoms with Crippen LogP contribution in [0, 0.1) is 6.92 Å². The molecule has 0 bridgehead atoms. The van der Waals surface area contributed by atoms with Crippen molar-refractivity contribution in [1.29, 1.82) is 0 Å². The van der Waals surface area contributed by atoms with Crippen LogP contribution >= 0.6 is 15.9 Å². The van der Waals surface area contributed by atoms with Gasteiger partial charge in [-0.3, -0.25) is 9.88 Å². The van der Waals surface area contributed by atoms with Crippen molar-refractivity contribution in [3.05, 3.63) is 41.6 Å². The molecule has 2 rings (SSSR count). The number of nitrogens with zero attached hydrogens (tertiary/aromatic N) is 2. The summed E-state index contributed by atoms with van der Waals surface area (Å²) in [7, 11) is 2.16. The van der Waals surface area contributed by atoms with Gasteiger partial charge in [0.1, 0.15) is 0 Å². The molecule has 0 saturated heterocycles. The van der Waals surface area contributed by atoms with E-state index in [0.29, 0.717) is 6.04 Å². The number of aromatic nitrogens is 1. The number of rotatable bonds is 4. The SMILES string of the molecule is Cc1cc(CN(C)C(C)CBr)c2ccccc2n1. The Labute approximate surface area is 117 Å². The van der Waals surface area contributed by atoms with Crippen LogP contribution in [-0.2, 0) is 6.54 Å². The van der Waals surface area contributed by atoms with Crippen molar-refractivity contribution in [2.75, 3.05) is 12.4 Å². The normalized spacial score (nSPS) is 13.2. The molecule has 0 aliphatic carbocycles. The third-order valence-corrected chi connectivity index (χ3v) is 4.26. The number of para-hydroxylation sites is 1. The van der Waals surface area contributed by atoms with Crippen molar-refractivity contribution in [2.24, 2.45) is 0 Å². The van der Waals surface area contributed by atoms with E-state index in [0.717, 1.165) is 23.1 Å². The first kappa shape index (κ1) is 13.5. The first-order valence-corrected chi connectivity index (χ1v) is 7.35. The van der Waals surface area contributed by atoms with E-state index in [9.17, 15) is 0 Å². The van der Waals surface area contributed by atoms with Crippen LogP contribution in [0.3, 0.4) is 0 Å². The average Bonchev–Trinajstić information content (AvgIpc) is 2.37. The smallest absolute Gasteiger partial charge is 0.0708 e. The van der Waals surface area contributed by atoms with E-state index >= 15 is 0 Å². The molecule has 0 saturated carbocycles. The molecule has 2 aromatic rings. The van der Waals surface area contributed by atoms with Crippen LogP contribution in [0.1, 0.15) is 18.2 Å². The Hall–Kier alpha value is -0.930. The molecule has 0 aliphatic heterocycles. The highest BCUT2D eigenvalue weighted by atomic mass is 79.9. The molecule has 0 spiro atoms. The molecule has 0 aliphatic rings. The fraction of sp³-hybridized carbons (Fsp3) is 0.400. The minimum absolute atomic E-state index is 0.525. The minimum Gasteiger partial charge on any atom is -0.299 e. The average molecular weight is 307 g/mol. The maximum absolute atomic E-state index is 4.58. The van der Waals surface area contributed by atoms with Gasteiger partial charge in [0, 0.05) is 29.0 Å². The van der Waals surface area contributed by atoms with E-state index in [-0.39, 0.29) is 0 Å². The summed E-state index contributed by atoms with van der Waals surface area (Å²) in [5, 5.41) is 2.25. The summed E-state index contributed by atoms with van der Waals surface area (Å²) in [4.78, 5) is 6.94. The predicted molar refractivity (Wildman–Crippen MR) is 81.2 cm³/mol. The Morgan fingerprint density at radius 3 is 2.78 bits per heavy atom. The number of hydrogen-bond acceptors (Lipinski definition) is 2. The first-order valence-electron chi connectivity index (χ1n) is 6.23. The van der Waals surface area contributed by atoms with E-state index in [1.54, 1.807) is 0 Å². The molecule has 0 radical (unpaired) electrons. The maximum Gasteiger partial charge on any atom is 0.0708 e. The molecule has 1 aromatic carbocycles. The van der Waals surface area contributed by atoms with Gasteiger partial charge in [-0.25, -0.2) is 0 Å². The fourth-order valence-corrected chi connectivity index (χ4v) is 2.56. The molecule has 0 fully saturated rings. The number of fused-ring (bicyclic) bond motifs is 1. The van der Waals surface area contributed by atoms with Gasteiger partial charge in [0.2, 0.25) is 0 Å². The molecular formula is C15H19BrN2. The molecule has 1 heterocycles. The lowest BCUT2D eigenvalue weighted by molar-refractivity contribution is 0.271. The summed E-state index contributed by atoms with van der Waals surface area (Å²) >= 11 is 3.54. The lowest BCUT2D eigenvalue weighted by Crippen LogP contribution is -2.29. The molecule has 0 N–H and O–H groups in total. The number of benzene rings is 1. The van der Waals surface area contributed by atoms with Crippen LogP contribution in [-0.4, -0.2) is 28.3 Å². The lowest BCUT2D eigenvalue weighted by Gasteiger charge is -2.23. The van der Waals surface area contributed by atoms with E-state index in [2.05, 4.69) is 71.0 Å². The highest BCUT2D eigenvalue weighted by Crippen LogP contribution is 2.20. The molecule has 18 heavy (non-hydrogen) atoms. The number of hydrogen-bond donors (Lipinski definition) is 0. The third kappa shape index (κ3) is 2.90. The summed E-state index contributed by atoms with van der Waals surface area (Å²) in [6.07, 6.45) is 0. The number of halogens is 1. The summed E-state index contributed by atoms with van der Waals surface area (Å²) in [6.45, 7) is 5.24. The molecule has 1 unspecified atom stereocenters. The van der Waals surface area contributed by atoms with Crippen LogP contribution in [0.2, 0.25) is 0 Å². The quantitative estimate of drug-likeness (QED) is 0.800. The maximum atomic E-state index is 4.58. The molecule has 3 heteroatoms. The van der Waals surface area contributed by atoms with Crippen molar-refractivity contribution < 1.29 is 0 Å². The molecule has 2 nitrogen and oxygen atoms in total. The Bertz CT molecular complexity index is 539. The predicted octanol–water partition coefficient (Wildman–Crippen LogP) is 3.76. The zero-order valence-corrected chi connectivity index (χ0v) is 12.7. The Morgan fingerprint density at radius 2 is 2.06 bits per heavy atom. The van der Waals surface area contributed by atoms with E-state index in [1.807, 2.05) is 6.07 Å². The molecular weight excluding hydrogens is 288 g/mol. The van der Waals surface area contributed by atoms with Crippen molar-refractivity contribution in [2.45, 2.75) is 26.4 Å². The minimum atomic E-state index is 0.525. The Morgan fingerprint density at radius 1 is 1.33 bits per heavy atom. The molecule has 1 aromatic heterocycles. The zero-order valence-electron chi connectivity index (χ0n) is 11.2. The summed E-state index contributed by atoms with van der Waals surface area (Å²) in [5.41, 5.74) is 3.53. The molecule has 0 amide bonds. The second-order valence-corrected chi connectivity index (χ2v) is 5.51. The number of pyridine rings is 1. The van der Waals surface area contributed by atoms with E-state index in [4.69, 9.17) is 0 Å². The van der Waals surface area contributed by atoms with Crippen LogP contribution in [0.15, 0.2) is 30.3 Å². The first-order chi connectivity index (χ1) is 8.61. The monoisotopic (exact) mass is 306 g/mol. The molecule has 96 valence electrons. The van der Waals surface area contributed by atoms with Gasteiger partial charge >= 0.3 is 0 Å². The van der Waals surface area contributed by atoms with Crippen LogP contribution in [0.5, 0.6) is 0 Å². The highest BCUT2D eigenvalue weighted by Gasteiger charge is 2.10. The van der Waals surface area contributed by atoms with Crippen molar-refractivity contribution in [3.8, 4) is 0 Å². The number of alkyl halides is 1. The lowest BCUT2D eigenvalue weighted by atomic mass is 10.1. The van der Waals surface area contributed by atoms with Crippen LogP contribution in [0.4, 0.5) is 0 Å². The van der Waals surface area contributed by atoms with Gasteiger partial charge in [0.25, 0.3) is 0 Å². The Balaban J connectivity index is 2.38. The van der Waals surface area contributed by atoms with Gasteiger partial charge < -0.3 is 0 Å². The third-order valence-electron chi connectivity index (χ3n) is 3.33. The van der Waals surface area contributed by atoms with Gasteiger partial charge in [0.15, 0.2) is 0 Å². The largest absolute Gasteiger partial charge is 0.299 e. The number of aryl methyl sites for hydroxylation is 1. The topological polar surface area (TPSA) is 16.1 Å². The fourth-order valence-electron chi connectivity index (χ4n) is 2.07. The van der Waals surface area contributed by atoms with Crippen molar-refractivity contribution in [1.82, 2.24) is 9.88 Å². The van der Waals surface area contributed by atoms with Gasteiger partial charge in [0.05, 0.1) is 5.52 Å². The summed E-state index contributed by atoms with van der Waals surface area (Å²) < 4.78 is 0. The summed E-state index contributed by atoms with van der Waals surface area (Å²) in [6, 6.07) is 11.1. The van der Waals surface area contributed by atoms with Gasteiger partial charge in [-0.15, -0.1) is 0 Å². The second kappa shape index (κ2) is 5.81. The highest BCUT2D eigenvalue weighted by molar-refractivity contribution is 9.09. The van der Waals surface area contributed by atoms with Crippen LogP contribution < -0.4 is 0 Å². The van der Waals surface area contributed by atoms with E-state index in [1.165, 1.54) is 10.9 Å². The Kier molecular flexibility index (Phi) is 4.36.